The molecule has 152 valence electrons. The van der Waals surface area contributed by atoms with Gasteiger partial charge < -0.3 is 31.7 Å². The van der Waals surface area contributed by atoms with Gasteiger partial charge in [0, 0.05) is 30.3 Å². The highest BCUT2D eigenvalue weighted by molar-refractivity contribution is 5.92. The van der Waals surface area contributed by atoms with Crippen LogP contribution in [0.1, 0.15) is 17.0 Å². The van der Waals surface area contributed by atoms with E-state index < -0.39 is 0 Å². The maximum absolute atomic E-state index is 12.1. The van der Waals surface area contributed by atoms with Gasteiger partial charge in [-0.05, 0) is 49.5 Å². The van der Waals surface area contributed by atoms with Gasteiger partial charge in [0.05, 0.1) is 12.5 Å². The molecule has 0 spiro atoms. The number of carbonyl (C=O) groups is 2. The summed E-state index contributed by atoms with van der Waals surface area (Å²) in [6, 6.07) is 14.0. The van der Waals surface area contributed by atoms with Gasteiger partial charge >= 0.3 is 6.03 Å². The van der Waals surface area contributed by atoms with Crippen molar-refractivity contribution in [3.05, 3.63) is 59.7 Å². The largest absolute Gasteiger partial charge is 0.334 e. The van der Waals surface area contributed by atoms with E-state index in [0.717, 1.165) is 11.1 Å². The predicted molar refractivity (Wildman–Crippen MR) is 116 cm³/mol. The number of carbonyl (C=O) groups excluding carboxylic acids is 2. The van der Waals surface area contributed by atoms with Crippen LogP contribution in [0, 0.1) is 10.8 Å². The summed E-state index contributed by atoms with van der Waals surface area (Å²) in [6.45, 7) is 0.606. The van der Waals surface area contributed by atoms with E-state index in [1.807, 2.05) is 32.3 Å². The molecule has 0 heterocycles. The molecule has 0 saturated heterocycles. The first-order valence-electron chi connectivity index (χ1n) is 9.10. The Balaban J connectivity index is 1.87. The van der Waals surface area contributed by atoms with Crippen LogP contribution in [-0.4, -0.2) is 49.9 Å². The summed E-state index contributed by atoms with van der Waals surface area (Å²) >= 11 is 0. The molecule has 0 atom stereocenters. The molecule has 0 unspecified atom stereocenters. The van der Waals surface area contributed by atoms with Crippen LogP contribution in [0.15, 0.2) is 48.5 Å². The summed E-state index contributed by atoms with van der Waals surface area (Å²) < 4.78 is 0. The fourth-order valence-corrected chi connectivity index (χ4v) is 2.63. The second-order valence-electron chi connectivity index (χ2n) is 6.78. The summed E-state index contributed by atoms with van der Waals surface area (Å²) in [6.07, 6.45) is 2.39. The topological polar surface area (TPSA) is 121 Å². The number of hydrogen-bond donors (Lipinski definition) is 5. The van der Waals surface area contributed by atoms with Crippen LogP contribution in [0.3, 0.4) is 0 Å². The van der Waals surface area contributed by atoms with Crippen molar-refractivity contribution in [2.24, 2.45) is 0 Å². The highest BCUT2D eigenvalue weighted by Crippen LogP contribution is 2.16. The Morgan fingerprint density at radius 2 is 1.69 bits per heavy atom. The molecule has 0 radical (unpaired) electrons. The fourth-order valence-electron chi connectivity index (χ4n) is 2.63. The molecule has 0 bridgehead atoms. The maximum Gasteiger partial charge on any atom is 0.319 e. The molecule has 0 fully saturated rings. The number of nitrogens with zero attached hydrogens (tertiary/aromatic N) is 1. The zero-order chi connectivity index (χ0) is 21.2. The Hall–Kier alpha value is -3.52. The number of benzene rings is 2. The second kappa shape index (κ2) is 10.7. The highest BCUT2D eigenvalue weighted by atomic mass is 16.2. The normalized spacial score (nSPS) is 11.4. The van der Waals surface area contributed by atoms with Crippen molar-refractivity contribution < 1.29 is 9.59 Å². The van der Waals surface area contributed by atoms with E-state index in [-0.39, 0.29) is 17.9 Å². The van der Waals surface area contributed by atoms with E-state index in [1.165, 1.54) is 12.4 Å². The molecular formula is C21H26N6O2. The molecule has 0 aromatic heterocycles. The summed E-state index contributed by atoms with van der Waals surface area (Å²) in [7, 11) is 3.65. The van der Waals surface area contributed by atoms with Crippen molar-refractivity contribution in [1.29, 1.82) is 10.8 Å². The lowest BCUT2D eigenvalue weighted by molar-refractivity contribution is -0.116. The molecule has 2 rings (SSSR count). The number of nitrogens with one attached hydrogen (secondary N) is 5. The minimum absolute atomic E-state index is 0.102. The van der Waals surface area contributed by atoms with Crippen LogP contribution in [-0.2, 0) is 11.3 Å². The quantitative estimate of drug-likeness (QED) is 0.420. The minimum Gasteiger partial charge on any atom is -0.334 e. The monoisotopic (exact) mass is 394 g/mol. The number of likely N-dealkylation sites (N-methyl/N-ethyl adjacent to an activating group) is 1. The third-order valence-electron chi connectivity index (χ3n) is 4.04. The minimum atomic E-state index is -0.358. The molecule has 2 aromatic rings. The summed E-state index contributed by atoms with van der Waals surface area (Å²) in [4.78, 5) is 25.8. The van der Waals surface area contributed by atoms with Crippen molar-refractivity contribution >= 4 is 35.7 Å². The predicted octanol–water partition coefficient (Wildman–Crippen LogP) is 2.89. The average molecular weight is 394 g/mol. The lowest BCUT2D eigenvalue weighted by atomic mass is 10.0. The Morgan fingerprint density at radius 3 is 2.31 bits per heavy atom. The van der Waals surface area contributed by atoms with Gasteiger partial charge in [-0.25, -0.2) is 4.79 Å². The number of anilines is 2. The van der Waals surface area contributed by atoms with Crippen molar-refractivity contribution in [3.8, 4) is 0 Å². The Labute approximate surface area is 170 Å². The van der Waals surface area contributed by atoms with Gasteiger partial charge in [0.25, 0.3) is 0 Å². The van der Waals surface area contributed by atoms with E-state index in [4.69, 9.17) is 10.8 Å². The van der Waals surface area contributed by atoms with Crippen LogP contribution >= 0.6 is 0 Å². The molecule has 5 N–H and O–H groups in total. The average Bonchev–Trinajstić information content (AvgIpc) is 2.68. The van der Waals surface area contributed by atoms with Gasteiger partial charge in [-0.15, -0.1) is 0 Å². The molecular weight excluding hydrogens is 368 g/mol. The lowest BCUT2D eigenvalue weighted by Gasteiger charge is -2.12. The molecule has 0 aliphatic heterocycles. The molecule has 29 heavy (non-hydrogen) atoms. The van der Waals surface area contributed by atoms with E-state index in [9.17, 15) is 9.59 Å². The van der Waals surface area contributed by atoms with Crippen LogP contribution in [0.5, 0.6) is 0 Å². The third kappa shape index (κ3) is 7.19. The molecule has 0 saturated carbocycles. The number of hydrogen-bond acceptors (Lipinski definition) is 5. The Kier molecular flexibility index (Phi) is 8.05. The number of amides is 3. The molecule has 0 aliphatic carbocycles. The van der Waals surface area contributed by atoms with E-state index >= 15 is 0 Å². The Bertz CT molecular complexity index is 856. The lowest BCUT2D eigenvalue weighted by Crippen LogP contribution is -2.28. The molecule has 8 nitrogen and oxygen atoms in total. The van der Waals surface area contributed by atoms with Gasteiger partial charge in [-0.2, -0.15) is 0 Å². The van der Waals surface area contributed by atoms with E-state index in [1.54, 1.807) is 35.2 Å². The maximum atomic E-state index is 12.1. The standard InChI is InChI=1S/C21H26N6O2/c1-27(2)14-20(28)25-19-5-3-4-15(10-19)13-24-21(29)26-18-8-6-16(7-9-18)17(11-22)12-23/h3-12,17,22-23H,13-14H2,1-2H3,(H,25,28)(H2,24,26,29). The molecule has 0 aliphatic rings. The second-order valence-corrected chi connectivity index (χ2v) is 6.78. The van der Waals surface area contributed by atoms with Crippen LogP contribution in [0.4, 0.5) is 16.2 Å². The third-order valence-corrected chi connectivity index (χ3v) is 4.04. The molecule has 8 heteroatoms. The van der Waals surface area contributed by atoms with Crippen LogP contribution in [0.25, 0.3) is 0 Å². The summed E-state index contributed by atoms with van der Waals surface area (Å²) in [5, 5.41) is 22.9. The molecule has 3 amide bonds. The number of rotatable bonds is 9. The SMILES string of the molecule is CN(C)CC(=O)Nc1cccc(CNC(=O)Nc2ccc(C(C=N)C=N)cc2)c1. The number of urea groups is 1. The Morgan fingerprint density at radius 1 is 1.00 bits per heavy atom. The fraction of sp³-hybridized carbons (Fsp3) is 0.238. The van der Waals surface area contributed by atoms with Crippen molar-refractivity contribution in [2.75, 3.05) is 31.3 Å². The summed E-state index contributed by atoms with van der Waals surface area (Å²) in [5.41, 5.74) is 2.97. The van der Waals surface area contributed by atoms with Gasteiger partial charge in [0.1, 0.15) is 0 Å². The van der Waals surface area contributed by atoms with Gasteiger partial charge in [-0.3, -0.25) is 4.79 Å². The van der Waals surface area contributed by atoms with Gasteiger partial charge in [-0.1, -0.05) is 24.3 Å². The van der Waals surface area contributed by atoms with Crippen molar-refractivity contribution in [1.82, 2.24) is 10.2 Å². The first kappa shape index (κ1) is 21.8. The van der Waals surface area contributed by atoms with Gasteiger partial charge in [0.15, 0.2) is 0 Å². The first-order valence-corrected chi connectivity index (χ1v) is 9.10. The van der Waals surface area contributed by atoms with Gasteiger partial charge in [0.2, 0.25) is 5.91 Å². The zero-order valence-electron chi connectivity index (χ0n) is 16.5. The van der Waals surface area contributed by atoms with Crippen LogP contribution < -0.4 is 16.0 Å². The van der Waals surface area contributed by atoms with Crippen molar-refractivity contribution in [2.45, 2.75) is 12.5 Å². The van der Waals surface area contributed by atoms with Crippen LogP contribution in [0.2, 0.25) is 0 Å². The summed E-state index contributed by atoms with van der Waals surface area (Å²) in [5.74, 6) is -0.460. The van der Waals surface area contributed by atoms with E-state index in [2.05, 4.69) is 16.0 Å². The highest BCUT2D eigenvalue weighted by Gasteiger charge is 2.07. The molecule has 2 aromatic carbocycles. The zero-order valence-corrected chi connectivity index (χ0v) is 16.5. The first-order chi connectivity index (χ1) is 13.9. The van der Waals surface area contributed by atoms with Crippen molar-refractivity contribution in [3.63, 3.8) is 0 Å². The van der Waals surface area contributed by atoms with E-state index in [0.29, 0.717) is 24.5 Å². The smallest absolute Gasteiger partial charge is 0.319 e.